The summed E-state index contributed by atoms with van der Waals surface area (Å²) in [4.78, 5) is -0.547. The molecule has 1 aromatic rings. The van der Waals surface area contributed by atoms with Gasteiger partial charge in [-0.3, -0.25) is 0 Å². The van der Waals surface area contributed by atoms with Gasteiger partial charge in [0.25, 0.3) is 9.05 Å². The Morgan fingerprint density at radius 2 is 1.94 bits per heavy atom. The van der Waals surface area contributed by atoms with Crippen molar-refractivity contribution < 1.29 is 31.1 Å². The van der Waals surface area contributed by atoms with Crippen LogP contribution in [0.2, 0.25) is 0 Å². The number of benzene rings is 1. The van der Waals surface area contributed by atoms with E-state index in [1.54, 1.807) is 0 Å². The van der Waals surface area contributed by atoms with Gasteiger partial charge in [-0.05, 0) is 12.1 Å². The highest BCUT2D eigenvalue weighted by atomic mass is 35.7. The van der Waals surface area contributed by atoms with Gasteiger partial charge in [0.2, 0.25) is 0 Å². The van der Waals surface area contributed by atoms with Crippen LogP contribution in [0.1, 0.15) is 0 Å². The van der Waals surface area contributed by atoms with Gasteiger partial charge < -0.3 is 9.47 Å². The highest BCUT2D eigenvalue weighted by Crippen LogP contribution is 2.32. The number of alkyl halides is 3. The smallest absolute Gasteiger partial charge is 0.422 e. The molecule has 0 unspecified atom stereocenters. The Kier molecular flexibility index (Phi) is 4.33. The van der Waals surface area contributed by atoms with Gasteiger partial charge in [0.1, 0.15) is 16.4 Å². The van der Waals surface area contributed by atoms with Crippen molar-refractivity contribution in [2.45, 2.75) is 11.1 Å². The molecule has 102 valence electrons. The van der Waals surface area contributed by atoms with E-state index >= 15 is 0 Å². The average Bonchev–Trinajstić information content (AvgIpc) is 2.23. The monoisotopic (exact) mass is 304 g/mol. The minimum absolute atomic E-state index is 0.149. The van der Waals surface area contributed by atoms with Crippen LogP contribution < -0.4 is 9.47 Å². The Balaban J connectivity index is 3.13. The summed E-state index contributed by atoms with van der Waals surface area (Å²) in [5.74, 6) is -0.363. The van der Waals surface area contributed by atoms with Crippen LogP contribution in [0.5, 0.6) is 11.5 Å². The number of ether oxygens (including phenoxy) is 2. The summed E-state index contributed by atoms with van der Waals surface area (Å²) in [5, 5.41) is 0. The Labute approximate surface area is 106 Å². The van der Waals surface area contributed by atoms with Crippen LogP contribution in [0.3, 0.4) is 0 Å². The third-order valence-electron chi connectivity index (χ3n) is 1.80. The van der Waals surface area contributed by atoms with Crippen molar-refractivity contribution in [3.63, 3.8) is 0 Å². The van der Waals surface area contributed by atoms with E-state index in [-0.39, 0.29) is 5.75 Å². The van der Waals surface area contributed by atoms with E-state index in [0.717, 1.165) is 12.1 Å². The minimum atomic E-state index is -4.59. The molecule has 18 heavy (non-hydrogen) atoms. The Morgan fingerprint density at radius 3 is 2.39 bits per heavy atom. The lowest BCUT2D eigenvalue weighted by Gasteiger charge is -2.12. The molecule has 4 nitrogen and oxygen atoms in total. The van der Waals surface area contributed by atoms with E-state index in [1.807, 2.05) is 0 Å². The van der Waals surface area contributed by atoms with Crippen LogP contribution in [0.25, 0.3) is 0 Å². The quantitative estimate of drug-likeness (QED) is 0.802. The van der Waals surface area contributed by atoms with Gasteiger partial charge in [-0.15, -0.1) is 0 Å². The first-order chi connectivity index (χ1) is 8.13. The first kappa shape index (κ1) is 14.9. The van der Waals surface area contributed by atoms with Gasteiger partial charge >= 0.3 is 6.18 Å². The molecule has 0 atom stereocenters. The summed E-state index contributed by atoms with van der Waals surface area (Å²) >= 11 is 0. The SMILES string of the molecule is COc1ccc(S(=O)(=O)Cl)c(OCC(F)(F)F)c1. The maximum absolute atomic E-state index is 12.0. The number of hydrogen-bond donors (Lipinski definition) is 0. The highest BCUT2D eigenvalue weighted by Gasteiger charge is 2.30. The molecule has 1 rings (SSSR count). The van der Waals surface area contributed by atoms with E-state index < -0.39 is 32.5 Å². The molecule has 0 fully saturated rings. The van der Waals surface area contributed by atoms with Gasteiger partial charge in [0.15, 0.2) is 6.61 Å². The molecular weight excluding hydrogens is 297 g/mol. The second kappa shape index (κ2) is 5.23. The average molecular weight is 305 g/mol. The van der Waals surface area contributed by atoms with E-state index in [9.17, 15) is 21.6 Å². The zero-order valence-electron chi connectivity index (χ0n) is 8.99. The van der Waals surface area contributed by atoms with Gasteiger partial charge in [-0.1, -0.05) is 0 Å². The fourth-order valence-electron chi connectivity index (χ4n) is 1.09. The largest absolute Gasteiger partial charge is 0.497 e. The molecule has 0 amide bonds. The second-order valence-corrected chi connectivity index (χ2v) is 5.69. The molecule has 1 aromatic carbocycles. The van der Waals surface area contributed by atoms with Crippen LogP contribution in [0.15, 0.2) is 23.1 Å². The first-order valence-electron chi connectivity index (χ1n) is 4.46. The van der Waals surface area contributed by atoms with Crippen LogP contribution in [0.4, 0.5) is 13.2 Å². The van der Waals surface area contributed by atoms with Crippen LogP contribution >= 0.6 is 10.7 Å². The van der Waals surface area contributed by atoms with Crippen LogP contribution in [0, 0.1) is 0 Å². The zero-order chi connectivity index (χ0) is 14.0. The van der Waals surface area contributed by atoms with Gasteiger partial charge in [0, 0.05) is 16.7 Å². The number of methoxy groups -OCH3 is 1. The molecule has 0 radical (unpaired) electrons. The molecule has 0 heterocycles. The molecule has 0 aromatic heterocycles. The third-order valence-corrected chi connectivity index (χ3v) is 3.17. The molecule has 0 aliphatic carbocycles. The summed E-state index contributed by atoms with van der Waals surface area (Å²) in [7, 11) is 2.15. The fraction of sp³-hybridized carbons (Fsp3) is 0.333. The van der Waals surface area contributed by atoms with Gasteiger partial charge in [-0.25, -0.2) is 8.42 Å². The second-order valence-electron chi connectivity index (χ2n) is 3.15. The normalized spacial score (nSPS) is 12.3. The predicted molar refractivity (Wildman–Crippen MR) is 57.6 cm³/mol. The van der Waals surface area contributed by atoms with Crippen molar-refractivity contribution in [3.8, 4) is 11.5 Å². The maximum Gasteiger partial charge on any atom is 0.422 e. The standard InChI is InChI=1S/C9H8ClF3O4S/c1-16-6-2-3-8(18(10,14)15)7(4-6)17-5-9(11,12)13/h2-4H,5H2,1H3. The molecule has 0 saturated heterocycles. The van der Waals surface area contributed by atoms with Crippen molar-refractivity contribution in [1.29, 1.82) is 0 Å². The predicted octanol–water partition coefficient (Wildman–Crippen LogP) is 2.56. The van der Waals surface area contributed by atoms with E-state index in [0.29, 0.717) is 0 Å². The maximum atomic E-state index is 12.0. The summed E-state index contributed by atoms with van der Waals surface area (Å²) in [6, 6.07) is 3.27. The van der Waals surface area contributed by atoms with E-state index in [4.69, 9.17) is 15.4 Å². The summed E-state index contributed by atoms with van der Waals surface area (Å²) in [6.07, 6.45) is -4.59. The molecule has 0 N–H and O–H groups in total. The number of hydrogen-bond acceptors (Lipinski definition) is 4. The molecular formula is C9H8ClF3O4S. The number of halogens is 4. The van der Waals surface area contributed by atoms with Crippen molar-refractivity contribution >= 4 is 19.7 Å². The minimum Gasteiger partial charge on any atom is -0.497 e. The van der Waals surface area contributed by atoms with E-state index in [1.165, 1.54) is 13.2 Å². The third kappa shape index (κ3) is 4.26. The van der Waals surface area contributed by atoms with Crippen molar-refractivity contribution in [3.05, 3.63) is 18.2 Å². The van der Waals surface area contributed by atoms with Crippen molar-refractivity contribution in [2.75, 3.05) is 13.7 Å². The summed E-state index contributed by atoms with van der Waals surface area (Å²) < 4.78 is 67.5. The topological polar surface area (TPSA) is 52.6 Å². The van der Waals surface area contributed by atoms with Crippen molar-refractivity contribution in [1.82, 2.24) is 0 Å². The first-order valence-corrected chi connectivity index (χ1v) is 6.76. The fourth-order valence-corrected chi connectivity index (χ4v) is 2.06. The molecule has 0 aliphatic rings. The van der Waals surface area contributed by atoms with Gasteiger partial charge in [-0.2, -0.15) is 13.2 Å². The molecule has 0 aliphatic heterocycles. The summed E-state index contributed by atoms with van der Waals surface area (Å²) in [6.45, 7) is -1.63. The Morgan fingerprint density at radius 1 is 1.33 bits per heavy atom. The molecule has 0 bridgehead atoms. The molecule has 0 spiro atoms. The lowest BCUT2D eigenvalue weighted by atomic mass is 10.3. The lowest BCUT2D eigenvalue weighted by Crippen LogP contribution is -2.20. The number of rotatable bonds is 4. The Hall–Kier alpha value is -1.15. The van der Waals surface area contributed by atoms with Crippen molar-refractivity contribution in [2.24, 2.45) is 0 Å². The summed E-state index contributed by atoms with van der Waals surface area (Å²) in [5.41, 5.74) is 0. The van der Waals surface area contributed by atoms with Crippen LogP contribution in [-0.4, -0.2) is 28.3 Å². The van der Waals surface area contributed by atoms with Crippen LogP contribution in [-0.2, 0) is 9.05 Å². The molecule has 0 saturated carbocycles. The highest BCUT2D eigenvalue weighted by molar-refractivity contribution is 8.13. The zero-order valence-corrected chi connectivity index (χ0v) is 10.6. The Bertz CT molecular complexity index is 527. The molecule has 9 heteroatoms. The van der Waals surface area contributed by atoms with Gasteiger partial charge in [0.05, 0.1) is 7.11 Å². The van der Waals surface area contributed by atoms with E-state index in [2.05, 4.69) is 4.74 Å². The lowest BCUT2D eigenvalue weighted by molar-refractivity contribution is -0.153.